The van der Waals surface area contributed by atoms with Crippen molar-refractivity contribution in [1.82, 2.24) is 5.32 Å². The molecule has 6 heteroatoms. The van der Waals surface area contributed by atoms with E-state index in [1.807, 2.05) is 6.92 Å². The number of carbonyl (C=O) groups excluding carboxylic acids is 1. The van der Waals surface area contributed by atoms with Crippen LogP contribution in [-0.4, -0.2) is 35.7 Å². The molecule has 1 fully saturated rings. The highest BCUT2D eigenvalue weighted by molar-refractivity contribution is 5.94. The molecule has 2 rings (SSSR count). The number of amides is 1. The maximum absolute atomic E-state index is 12.0. The van der Waals surface area contributed by atoms with Crippen molar-refractivity contribution >= 4 is 17.6 Å². The first-order valence-electron chi connectivity index (χ1n) is 6.50. The summed E-state index contributed by atoms with van der Waals surface area (Å²) in [5.41, 5.74) is 7.72. The summed E-state index contributed by atoms with van der Waals surface area (Å²) in [6.07, 6.45) is 0.125. The van der Waals surface area contributed by atoms with Crippen LogP contribution in [0.25, 0.3) is 0 Å². The fourth-order valence-corrected chi connectivity index (χ4v) is 2.16. The third-order valence-electron chi connectivity index (χ3n) is 3.41. The fourth-order valence-electron chi connectivity index (χ4n) is 2.16. The highest BCUT2D eigenvalue weighted by Crippen LogP contribution is 2.19. The molecule has 1 aromatic rings. The van der Waals surface area contributed by atoms with Gasteiger partial charge in [0.1, 0.15) is 0 Å². The van der Waals surface area contributed by atoms with Gasteiger partial charge in [0.25, 0.3) is 5.91 Å². The number of carbonyl (C=O) groups is 2. The van der Waals surface area contributed by atoms with Gasteiger partial charge in [-0.15, -0.1) is 0 Å². The molecule has 4 N–H and O–H groups in total. The Kier molecular flexibility index (Phi) is 4.24. The third kappa shape index (κ3) is 3.27. The first-order chi connectivity index (χ1) is 9.47. The molecule has 1 amide bonds. The number of ether oxygens (including phenoxy) is 1. The van der Waals surface area contributed by atoms with E-state index in [0.717, 1.165) is 5.56 Å². The Morgan fingerprint density at radius 1 is 1.45 bits per heavy atom. The van der Waals surface area contributed by atoms with Gasteiger partial charge < -0.3 is 20.9 Å². The van der Waals surface area contributed by atoms with Crippen LogP contribution in [0, 0.1) is 6.92 Å². The largest absolute Gasteiger partial charge is 0.479 e. The number of carboxylic acid groups (broad SMARTS) is 1. The van der Waals surface area contributed by atoms with Gasteiger partial charge in [0, 0.05) is 17.8 Å². The average Bonchev–Trinajstić information content (AvgIpc) is 2.88. The van der Waals surface area contributed by atoms with Crippen LogP contribution >= 0.6 is 0 Å². The summed E-state index contributed by atoms with van der Waals surface area (Å²) >= 11 is 0. The Morgan fingerprint density at radius 3 is 2.80 bits per heavy atom. The van der Waals surface area contributed by atoms with Gasteiger partial charge in [-0.05, 0) is 43.5 Å². The van der Waals surface area contributed by atoms with Crippen molar-refractivity contribution in [3.63, 3.8) is 0 Å². The fraction of sp³-hybridized carbons (Fsp3) is 0.429. The summed E-state index contributed by atoms with van der Waals surface area (Å²) < 4.78 is 5.32. The highest BCUT2D eigenvalue weighted by atomic mass is 16.5. The van der Waals surface area contributed by atoms with Crippen molar-refractivity contribution in [2.45, 2.75) is 32.0 Å². The van der Waals surface area contributed by atoms with Crippen LogP contribution in [0.2, 0.25) is 0 Å². The minimum atomic E-state index is -0.951. The van der Waals surface area contributed by atoms with E-state index < -0.39 is 12.1 Å². The number of anilines is 1. The molecule has 0 saturated carbocycles. The number of nitrogens with two attached hydrogens (primary N) is 1. The van der Waals surface area contributed by atoms with Gasteiger partial charge in [-0.3, -0.25) is 4.79 Å². The zero-order valence-corrected chi connectivity index (χ0v) is 11.3. The number of nitrogen functional groups attached to an aromatic ring is 1. The van der Waals surface area contributed by atoms with E-state index in [2.05, 4.69) is 5.32 Å². The second-order valence-corrected chi connectivity index (χ2v) is 4.94. The Bertz CT molecular complexity index is 530. The van der Waals surface area contributed by atoms with E-state index in [0.29, 0.717) is 30.6 Å². The van der Waals surface area contributed by atoms with Crippen LogP contribution in [0.1, 0.15) is 28.8 Å². The zero-order chi connectivity index (χ0) is 14.7. The molecule has 0 aromatic heterocycles. The normalized spacial score (nSPS) is 21.6. The molecule has 6 nitrogen and oxygen atoms in total. The molecule has 0 bridgehead atoms. The number of nitrogens with one attached hydrogen (secondary N) is 1. The van der Waals surface area contributed by atoms with E-state index in [1.54, 1.807) is 18.2 Å². The number of hydrogen-bond acceptors (Lipinski definition) is 4. The van der Waals surface area contributed by atoms with E-state index in [-0.39, 0.29) is 12.0 Å². The maximum atomic E-state index is 12.0. The molecule has 1 aliphatic rings. The molecule has 0 aliphatic carbocycles. The van der Waals surface area contributed by atoms with Crippen LogP contribution < -0.4 is 11.1 Å². The molecule has 1 saturated heterocycles. The number of benzene rings is 1. The van der Waals surface area contributed by atoms with Gasteiger partial charge in [-0.1, -0.05) is 0 Å². The summed E-state index contributed by atoms with van der Waals surface area (Å²) in [6, 6.07) is 5.07. The molecule has 20 heavy (non-hydrogen) atoms. The summed E-state index contributed by atoms with van der Waals surface area (Å²) in [5.74, 6) is -1.16. The van der Waals surface area contributed by atoms with E-state index in [9.17, 15) is 9.59 Å². The van der Waals surface area contributed by atoms with Gasteiger partial charge in [0.15, 0.2) is 6.10 Å². The Morgan fingerprint density at radius 2 is 2.20 bits per heavy atom. The van der Waals surface area contributed by atoms with E-state index >= 15 is 0 Å². The molecule has 2 atom stereocenters. The van der Waals surface area contributed by atoms with Crippen LogP contribution in [-0.2, 0) is 9.53 Å². The average molecular weight is 278 g/mol. The lowest BCUT2D eigenvalue weighted by atomic mass is 10.1. The van der Waals surface area contributed by atoms with Crippen molar-refractivity contribution in [1.29, 1.82) is 0 Å². The third-order valence-corrected chi connectivity index (χ3v) is 3.41. The molecule has 1 heterocycles. The monoisotopic (exact) mass is 278 g/mol. The minimum absolute atomic E-state index is 0.213. The van der Waals surface area contributed by atoms with Crippen LogP contribution in [0.4, 0.5) is 5.69 Å². The number of aliphatic carboxylic acids is 1. The number of aryl methyl sites for hydroxylation is 1. The van der Waals surface area contributed by atoms with Crippen molar-refractivity contribution in [3.05, 3.63) is 29.3 Å². The van der Waals surface area contributed by atoms with E-state index in [1.165, 1.54) is 0 Å². The lowest BCUT2D eigenvalue weighted by molar-refractivity contribution is -0.149. The lowest BCUT2D eigenvalue weighted by Crippen LogP contribution is -2.33. The standard InChI is InChI=1S/C14H18N2O4/c1-8-6-9(2-4-11(8)15)13(17)16-7-10-3-5-12(20-10)14(18)19/h2,4,6,10,12H,3,5,7,15H2,1H3,(H,16,17)(H,18,19). The lowest BCUT2D eigenvalue weighted by Gasteiger charge is -2.12. The molecule has 1 aromatic carbocycles. The summed E-state index contributed by atoms with van der Waals surface area (Å²) in [6.45, 7) is 2.15. The van der Waals surface area contributed by atoms with Gasteiger partial charge >= 0.3 is 5.97 Å². The Labute approximate surface area is 116 Å². The predicted molar refractivity (Wildman–Crippen MR) is 73.5 cm³/mol. The Hall–Kier alpha value is -2.08. The molecular weight excluding hydrogens is 260 g/mol. The smallest absolute Gasteiger partial charge is 0.332 e. The highest BCUT2D eigenvalue weighted by Gasteiger charge is 2.30. The predicted octanol–water partition coefficient (Wildman–Crippen LogP) is 0.939. The SMILES string of the molecule is Cc1cc(C(=O)NCC2CCC(C(=O)O)O2)ccc1N. The van der Waals surface area contributed by atoms with Crippen LogP contribution in [0.3, 0.4) is 0 Å². The second kappa shape index (κ2) is 5.92. The molecule has 0 spiro atoms. The van der Waals surface area contributed by atoms with Crippen molar-refractivity contribution in [2.75, 3.05) is 12.3 Å². The van der Waals surface area contributed by atoms with Gasteiger partial charge in [-0.25, -0.2) is 4.79 Å². The molecule has 108 valence electrons. The van der Waals surface area contributed by atoms with Crippen LogP contribution in [0.15, 0.2) is 18.2 Å². The number of rotatable bonds is 4. The van der Waals surface area contributed by atoms with Crippen molar-refractivity contribution in [2.24, 2.45) is 0 Å². The molecular formula is C14H18N2O4. The Balaban J connectivity index is 1.86. The first-order valence-corrected chi connectivity index (χ1v) is 6.50. The van der Waals surface area contributed by atoms with Crippen LogP contribution in [0.5, 0.6) is 0 Å². The van der Waals surface area contributed by atoms with Gasteiger partial charge in [0.05, 0.1) is 6.10 Å². The maximum Gasteiger partial charge on any atom is 0.332 e. The molecule has 2 unspecified atom stereocenters. The number of carboxylic acids is 1. The van der Waals surface area contributed by atoms with Crippen molar-refractivity contribution < 1.29 is 19.4 Å². The number of hydrogen-bond donors (Lipinski definition) is 3. The topological polar surface area (TPSA) is 102 Å². The summed E-state index contributed by atoms with van der Waals surface area (Å²) in [5, 5.41) is 11.6. The minimum Gasteiger partial charge on any atom is -0.479 e. The molecule has 0 radical (unpaired) electrons. The summed E-state index contributed by atoms with van der Waals surface area (Å²) in [7, 11) is 0. The summed E-state index contributed by atoms with van der Waals surface area (Å²) in [4.78, 5) is 22.7. The second-order valence-electron chi connectivity index (χ2n) is 4.94. The quantitative estimate of drug-likeness (QED) is 0.711. The van der Waals surface area contributed by atoms with Gasteiger partial charge in [-0.2, -0.15) is 0 Å². The van der Waals surface area contributed by atoms with E-state index in [4.69, 9.17) is 15.6 Å². The van der Waals surface area contributed by atoms with Gasteiger partial charge in [0.2, 0.25) is 0 Å². The molecule has 1 aliphatic heterocycles. The van der Waals surface area contributed by atoms with Crippen molar-refractivity contribution in [3.8, 4) is 0 Å². The first kappa shape index (κ1) is 14.3. The zero-order valence-electron chi connectivity index (χ0n) is 11.3.